The summed E-state index contributed by atoms with van der Waals surface area (Å²) in [5.41, 5.74) is -0.0776. The zero-order valence-electron chi connectivity index (χ0n) is 11.1. The van der Waals surface area contributed by atoms with Gasteiger partial charge in [0, 0.05) is 19.1 Å². The van der Waals surface area contributed by atoms with Gasteiger partial charge in [0.05, 0.1) is 5.02 Å². The number of aromatic nitrogens is 1. The van der Waals surface area contributed by atoms with E-state index in [0.717, 1.165) is 25.9 Å². The number of carboxylic acid groups (broad SMARTS) is 1. The summed E-state index contributed by atoms with van der Waals surface area (Å²) in [6.45, 7) is 1.76. The van der Waals surface area contributed by atoms with E-state index in [4.69, 9.17) is 16.7 Å². The first kappa shape index (κ1) is 14.1. The Kier molecular flexibility index (Phi) is 4.27. The molecule has 1 aromatic heterocycles. The van der Waals surface area contributed by atoms with Crippen LogP contribution in [0.4, 0.5) is 5.82 Å². The summed E-state index contributed by atoms with van der Waals surface area (Å²) >= 11 is 5.84. The fourth-order valence-corrected chi connectivity index (χ4v) is 2.53. The largest absolute Gasteiger partial charge is 0.476 e. The fourth-order valence-electron chi connectivity index (χ4n) is 2.34. The molecule has 6 heteroatoms. The van der Waals surface area contributed by atoms with Gasteiger partial charge in [-0.15, -0.1) is 0 Å². The summed E-state index contributed by atoms with van der Waals surface area (Å²) in [6.07, 6.45) is 2.23. The number of rotatable bonds is 3. The summed E-state index contributed by atoms with van der Waals surface area (Å²) in [4.78, 5) is 19.5. The highest BCUT2D eigenvalue weighted by Gasteiger charge is 2.23. The van der Waals surface area contributed by atoms with Gasteiger partial charge in [-0.3, -0.25) is 0 Å². The van der Waals surface area contributed by atoms with Crippen molar-refractivity contribution >= 4 is 23.4 Å². The molecule has 1 aliphatic rings. The van der Waals surface area contributed by atoms with Crippen molar-refractivity contribution in [3.8, 4) is 0 Å². The maximum Gasteiger partial charge on any atom is 0.356 e. The number of carboxylic acids is 1. The molecule has 5 nitrogen and oxygen atoms in total. The van der Waals surface area contributed by atoms with Crippen LogP contribution in [0.15, 0.2) is 12.1 Å². The Balaban J connectivity index is 2.22. The minimum atomic E-state index is -1.09. The molecule has 0 aromatic carbocycles. The lowest BCUT2D eigenvalue weighted by atomic mass is 10.0. The molecule has 1 atom stereocenters. The molecule has 2 heterocycles. The predicted molar refractivity (Wildman–Crippen MR) is 75.1 cm³/mol. The van der Waals surface area contributed by atoms with E-state index in [9.17, 15) is 4.79 Å². The number of halogens is 1. The quantitative estimate of drug-likeness (QED) is 0.919. The second-order valence-corrected chi connectivity index (χ2v) is 5.42. The number of carbonyl (C=O) groups is 1. The number of nitrogens with zero attached hydrogens (tertiary/aromatic N) is 3. The topological polar surface area (TPSA) is 56.7 Å². The van der Waals surface area contributed by atoms with E-state index in [2.05, 4.69) is 28.9 Å². The van der Waals surface area contributed by atoms with Crippen molar-refractivity contribution in [2.24, 2.45) is 0 Å². The van der Waals surface area contributed by atoms with Crippen LogP contribution in [0.1, 0.15) is 23.3 Å². The smallest absolute Gasteiger partial charge is 0.356 e. The third-order valence-electron chi connectivity index (χ3n) is 3.48. The van der Waals surface area contributed by atoms with Crippen molar-refractivity contribution in [1.29, 1.82) is 0 Å². The molecule has 0 spiro atoms. The van der Waals surface area contributed by atoms with Crippen molar-refractivity contribution < 1.29 is 9.90 Å². The van der Waals surface area contributed by atoms with Gasteiger partial charge in [0.2, 0.25) is 0 Å². The predicted octanol–water partition coefficient (Wildman–Crippen LogP) is 1.96. The molecule has 0 bridgehead atoms. The standard InChI is InChI=1S/C13H18ClN3O2/c1-16(2)9-4-3-7-17(8-9)11-6-5-10(14)12(15-11)13(18)19/h5-6,9H,3-4,7-8H2,1-2H3,(H,18,19). The number of aromatic carboxylic acids is 1. The van der Waals surface area contributed by atoms with E-state index in [-0.39, 0.29) is 10.7 Å². The summed E-state index contributed by atoms with van der Waals surface area (Å²) < 4.78 is 0. The van der Waals surface area contributed by atoms with Gasteiger partial charge >= 0.3 is 5.97 Å². The molecule has 2 rings (SSSR count). The van der Waals surface area contributed by atoms with Crippen molar-refractivity contribution in [3.63, 3.8) is 0 Å². The number of pyridine rings is 1. The van der Waals surface area contributed by atoms with Crippen LogP contribution in [-0.2, 0) is 0 Å². The molecule has 0 aliphatic carbocycles. The molecule has 0 amide bonds. The first-order chi connectivity index (χ1) is 8.99. The van der Waals surface area contributed by atoms with Crippen LogP contribution < -0.4 is 4.90 Å². The number of hydrogen-bond donors (Lipinski definition) is 1. The molecule has 1 N–H and O–H groups in total. The highest BCUT2D eigenvalue weighted by atomic mass is 35.5. The Hall–Kier alpha value is -1.33. The normalized spacial score (nSPS) is 19.8. The number of hydrogen-bond acceptors (Lipinski definition) is 4. The molecule has 0 radical (unpaired) electrons. The first-order valence-corrected chi connectivity index (χ1v) is 6.68. The van der Waals surface area contributed by atoms with Crippen LogP contribution >= 0.6 is 11.6 Å². The summed E-state index contributed by atoms with van der Waals surface area (Å²) in [5, 5.41) is 9.23. The van der Waals surface area contributed by atoms with Gasteiger partial charge in [-0.2, -0.15) is 0 Å². The molecule has 1 fully saturated rings. The van der Waals surface area contributed by atoms with Crippen molar-refractivity contribution in [2.75, 3.05) is 32.1 Å². The molecular weight excluding hydrogens is 266 g/mol. The highest BCUT2D eigenvalue weighted by Crippen LogP contribution is 2.23. The van der Waals surface area contributed by atoms with E-state index in [1.165, 1.54) is 0 Å². The van der Waals surface area contributed by atoms with Crippen molar-refractivity contribution in [3.05, 3.63) is 22.8 Å². The fraction of sp³-hybridized carbons (Fsp3) is 0.538. The van der Waals surface area contributed by atoms with Gasteiger partial charge in [0.1, 0.15) is 5.82 Å². The van der Waals surface area contributed by atoms with Crippen LogP contribution in [0, 0.1) is 0 Å². The Morgan fingerprint density at radius 1 is 1.53 bits per heavy atom. The van der Waals surface area contributed by atoms with Crippen LogP contribution in [-0.4, -0.2) is 54.2 Å². The Bertz CT molecular complexity index is 479. The average molecular weight is 284 g/mol. The van der Waals surface area contributed by atoms with Gasteiger partial charge in [0.15, 0.2) is 5.69 Å². The van der Waals surface area contributed by atoms with E-state index >= 15 is 0 Å². The van der Waals surface area contributed by atoms with E-state index in [1.807, 2.05) is 0 Å². The maximum absolute atomic E-state index is 11.1. The molecule has 1 aliphatic heterocycles. The van der Waals surface area contributed by atoms with E-state index in [0.29, 0.717) is 11.9 Å². The molecule has 104 valence electrons. The van der Waals surface area contributed by atoms with Gasteiger partial charge in [-0.25, -0.2) is 9.78 Å². The third kappa shape index (κ3) is 3.16. The van der Waals surface area contributed by atoms with Crippen molar-refractivity contribution in [1.82, 2.24) is 9.88 Å². The maximum atomic E-state index is 11.1. The molecule has 1 aromatic rings. The lowest BCUT2D eigenvalue weighted by Crippen LogP contribution is -2.45. The monoisotopic (exact) mass is 283 g/mol. The summed E-state index contributed by atoms with van der Waals surface area (Å²) in [7, 11) is 4.12. The minimum absolute atomic E-state index is 0.0776. The molecule has 19 heavy (non-hydrogen) atoms. The van der Waals surface area contributed by atoms with E-state index in [1.54, 1.807) is 12.1 Å². The molecule has 1 unspecified atom stereocenters. The van der Waals surface area contributed by atoms with Crippen LogP contribution in [0.5, 0.6) is 0 Å². The zero-order chi connectivity index (χ0) is 14.0. The van der Waals surface area contributed by atoms with Gasteiger partial charge in [-0.1, -0.05) is 11.6 Å². The minimum Gasteiger partial charge on any atom is -0.476 e. The van der Waals surface area contributed by atoms with Crippen LogP contribution in [0.25, 0.3) is 0 Å². The summed E-state index contributed by atoms with van der Waals surface area (Å²) in [5.74, 6) is -0.402. The number of piperidine rings is 1. The van der Waals surface area contributed by atoms with Gasteiger partial charge < -0.3 is 14.9 Å². The Morgan fingerprint density at radius 2 is 2.26 bits per heavy atom. The van der Waals surface area contributed by atoms with Crippen molar-refractivity contribution in [2.45, 2.75) is 18.9 Å². The van der Waals surface area contributed by atoms with Crippen LogP contribution in [0.3, 0.4) is 0 Å². The lowest BCUT2D eigenvalue weighted by Gasteiger charge is -2.36. The molecule has 1 saturated heterocycles. The third-order valence-corrected chi connectivity index (χ3v) is 3.79. The Labute approximate surface area is 117 Å². The lowest BCUT2D eigenvalue weighted by molar-refractivity contribution is 0.0691. The molecule has 0 saturated carbocycles. The number of anilines is 1. The van der Waals surface area contributed by atoms with E-state index < -0.39 is 5.97 Å². The highest BCUT2D eigenvalue weighted by molar-refractivity contribution is 6.33. The van der Waals surface area contributed by atoms with Gasteiger partial charge in [-0.05, 0) is 39.1 Å². The zero-order valence-corrected chi connectivity index (χ0v) is 11.9. The average Bonchev–Trinajstić information content (AvgIpc) is 2.39. The van der Waals surface area contributed by atoms with Crippen LogP contribution in [0.2, 0.25) is 5.02 Å². The molecular formula is C13H18ClN3O2. The van der Waals surface area contributed by atoms with Gasteiger partial charge in [0.25, 0.3) is 0 Å². The SMILES string of the molecule is CN(C)C1CCCN(c2ccc(Cl)c(C(=O)O)n2)C1. The Morgan fingerprint density at radius 3 is 2.89 bits per heavy atom. The number of likely N-dealkylation sites (N-methyl/N-ethyl adjacent to an activating group) is 1. The second kappa shape index (κ2) is 5.75. The first-order valence-electron chi connectivity index (χ1n) is 6.30. The second-order valence-electron chi connectivity index (χ2n) is 5.01. The summed E-state index contributed by atoms with van der Waals surface area (Å²) in [6, 6.07) is 3.86.